The van der Waals surface area contributed by atoms with Crippen LogP contribution in [-0.2, 0) is 44.8 Å². The van der Waals surface area contributed by atoms with Crippen LogP contribution in [0.1, 0.15) is 87.4 Å². The van der Waals surface area contributed by atoms with Crippen molar-refractivity contribution in [2.24, 2.45) is 0 Å². The lowest BCUT2D eigenvalue weighted by Gasteiger charge is -2.17. The number of hydrogen-bond donors (Lipinski definition) is 3. The van der Waals surface area contributed by atoms with E-state index < -0.39 is 17.5 Å². The van der Waals surface area contributed by atoms with E-state index in [1.54, 1.807) is 18.2 Å². The van der Waals surface area contributed by atoms with Gasteiger partial charge in [-0.25, -0.2) is 15.1 Å². The first-order chi connectivity index (χ1) is 25.2. The van der Waals surface area contributed by atoms with Gasteiger partial charge in [0.1, 0.15) is 5.60 Å². The summed E-state index contributed by atoms with van der Waals surface area (Å²) in [6, 6.07) is 32.2. The Morgan fingerprint density at radius 3 is 1.34 bits per heavy atom. The molecule has 7 nitrogen and oxygen atoms in total. The molecule has 0 radical (unpaired) electrons. The Bertz CT molecular complexity index is 1800. The number of carbonyl (C=O) groups excluding carboxylic acids is 2. The minimum atomic E-state index is -0.915. The van der Waals surface area contributed by atoms with Crippen LogP contribution in [0.4, 0.5) is 0 Å². The quantitative estimate of drug-likeness (QED) is 0.0639. The summed E-state index contributed by atoms with van der Waals surface area (Å²) in [5.41, 5.74) is 9.08. The molecule has 0 atom stereocenters. The van der Waals surface area contributed by atoms with E-state index in [-0.39, 0.29) is 5.97 Å². The number of rotatable bonds is 10. The van der Waals surface area contributed by atoms with Crippen molar-refractivity contribution < 1.29 is 29.4 Å². The summed E-state index contributed by atoms with van der Waals surface area (Å²) in [6.07, 6.45) is 13.0. The zero-order valence-electron chi connectivity index (χ0n) is 31.9. The predicted octanol–water partition coefficient (Wildman–Crippen LogP) is 10.7. The zero-order valence-corrected chi connectivity index (χ0v) is 33.5. The van der Waals surface area contributed by atoms with Crippen molar-refractivity contribution in [1.82, 2.24) is 5.48 Å². The maximum Gasteiger partial charge on any atom is 0.331 e. The third kappa shape index (κ3) is 22.5. The van der Waals surface area contributed by atoms with Gasteiger partial charge in [0.05, 0.1) is 0 Å². The summed E-state index contributed by atoms with van der Waals surface area (Å²) in [4.78, 5) is 32.4. The standard InChI is InChI=1S/C15H20O2.C11H13NO2.C11H12O2.C8H9Br/c1-5-12-7-6-8-13(11-12)9-10-14(16)17-15(2,3)4;1-2-9-4-3-5-10(8-9)6-7-11(13)12-14;1-2-9-4-3-5-10(8-9)6-7-11(12)13;1-2-7-4-3-5-8(9)6-7/h6-11H,5H2,1-4H3;3-8,14H,2H2,1H3,(H,12,13);3-8H,2H2,1H3,(H,12,13);3-6H,2H2,1H3/b10-9+;2*7-6+;. The van der Waals surface area contributed by atoms with Gasteiger partial charge in [0.25, 0.3) is 5.91 Å². The largest absolute Gasteiger partial charge is 0.478 e. The zero-order chi connectivity index (χ0) is 39.6. The Balaban J connectivity index is 0.000000361. The molecule has 0 heterocycles. The van der Waals surface area contributed by atoms with E-state index in [9.17, 15) is 14.4 Å². The highest BCUT2D eigenvalue weighted by molar-refractivity contribution is 9.10. The molecule has 0 saturated carbocycles. The lowest BCUT2D eigenvalue weighted by atomic mass is 10.1. The van der Waals surface area contributed by atoms with Gasteiger partial charge < -0.3 is 9.84 Å². The molecule has 8 heteroatoms. The first kappa shape index (κ1) is 46.0. The minimum absolute atomic E-state index is 0.306. The fourth-order valence-electron chi connectivity index (χ4n) is 4.38. The third-order valence-electron chi connectivity index (χ3n) is 7.15. The molecule has 0 aliphatic heterocycles. The molecule has 0 saturated heterocycles. The van der Waals surface area contributed by atoms with Crippen molar-refractivity contribution in [2.75, 3.05) is 0 Å². The molecular formula is C45H54BrNO6. The van der Waals surface area contributed by atoms with Crippen LogP contribution in [-0.4, -0.2) is 33.8 Å². The molecular weight excluding hydrogens is 730 g/mol. The van der Waals surface area contributed by atoms with Crippen molar-refractivity contribution >= 4 is 52.0 Å². The Morgan fingerprint density at radius 1 is 0.623 bits per heavy atom. The van der Waals surface area contributed by atoms with Crippen molar-refractivity contribution in [2.45, 2.75) is 79.8 Å². The number of nitrogens with one attached hydrogen (secondary N) is 1. The van der Waals surface area contributed by atoms with Crippen molar-refractivity contribution in [3.05, 3.63) is 159 Å². The molecule has 4 aromatic carbocycles. The highest BCUT2D eigenvalue weighted by Crippen LogP contribution is 2.12. The first-order valence-electron chi connectivity index (χ1n) is 17.7. The molecule has 0 aromatic heterocycles. The Hall–Kier alpha value is -5.05. The van der Waals surface area contributed by atoms with E-state index in [2.05, 4.69) is 74.0 Å². The molecule has 3 N–H and O–H groups in total. The fourth-order valence-corrected chi connectivity index (χ4v) is 4.83. The molecule has 0 fully saturated rings. The van der Waals surface area contributed by atoms with E-state index in [0.29, 0.717) is 0 Å². The number of carboxylic acid groups (broad SMARTS) is 1. The topological polar surface area (TPSA) is 113 Å². The monoisotopic (exact) mass is 783 g/mol. The SMILES string of the molecule is CCc1cccc(/C=C/C(=O)NO)c1.CCc1cccc(/C=C/C(=O)O)c1.CCc1cccc(/C=C/C(=O)OC(C)(C)C)c1.CCc1cccc(Br)c1. The number of esters is 1. The number of carbonyl (C=O) groups is 3. The van der Waals surface area contributed by atoms with Crippen LogP contribution in [0.3, 0.4) is 0 Å². The fraction of sp³-hybridized carbons (Fsp3) is 0.267. The summed E-state index contributed by atoms with van der Waals surface area (Å²) in [7, 11) is 0. The van der Waals surface area contributed by atoms with E-state index in [0.717, 1.165) is 48.4 Å². The lowest BCUT2D eigenvalue weighted by molar-refractivity contribution is -0.148. The van der Waals surface area contributed by atoms with Gasteiger partial charge in [0.2, 0.25) is 0 Å². The molecule has 282 valence electrons. The summed E-state index contributed by atoms with van der Waals surface area (Å²) >= 11 is 3.40. The Morgan fingerprint density at radius 2 is 1.00 bits per heavy atom. The van der Waals surface area contributed by atoms with Gasteiger partial charge in [-0.05, 0) is 116 Å². The maximum atomic E-state index is 11.5. The van der Waals surface area contributed by atoms with Gasteiger partial charge in [-0.1, -0.05) is 129 Å². The number of aryl methyl sites for hydroxylation is 4. The Kier molecular flexibility index (Phi) is 22.4. The summed E-state index contributed by atoms with van der Waals surface area (Å²) in [6.45, 7) is 14.0. The van der Waals surface area contributed by atoms with Crippen LogP contribution in [0.25, 0.3) is 18.2 Å². The van der Waals surface area contributed by atoms with Crippen molar-refractivity contribution in [1.29, 1.82) is 0 Å². The van der Waals surface area contributed by atoms with Gasteiger partial charge in [-0.3, -0.25) is 10.0 Å². The van der Waals surface area contributed by atoms with Crippen LogP contribution < -0.4 is 5.48 Å². The molecule has 0 spiro atoms. The van der Waals surface area contributed by atoms with Gasteiger partial charge in [0, 0.05) is 22.7 Å². The number of hydrogen-bond acceptors (Lipinski definition) is 5. The van der Waals surface area contributed by atoms with Crippen molar-refractivity contribution in [3.63, 3.8) is 0 Å². The number of aliphatic carboxylic acids is 1. The van der Waals surface area contributed by atoms with Gasteiger partial charge in [0.15, 0.2) is 0 Å². The number of benzene rings is 4. The number of carboxylic acids is 1. The second kappa shape index (κ2) is 25.8. The van der Waals surface area contributed by atoms with Crippen LogP contribution in [0, 0.1) is 0 Å². The maximum absolute atomic E-state index is 11.5. The van der Waals surface area contributed by atoms with Crippen LogP contribution in [0.2, 0.25) is 0 Å². The van der Waals surface area contributed by atoms with Gasteiger partial charge >= 0.3 is 11.9 Å². The first-order valence-corrected chi connectivity index (χ1v) is 18.5. The number of ether oxygens (including phenoxy) is 1. The van der Waals surface area contributed by atoms with Crippen LogP contribution in [0.5, 0.6) is 0 Å². The van der Waals surface area contributed by atoms with Crippen molar-refractivity contribution in [3.8, 4) is 0 Å². The third-order valence-corrected chi connectivity index (χ3v) is 7.64. The molecule has 0 aliphatic carbocycles. The summed E-state index contributed by atoms with van der Waals surface area (Å²) < 4.78 is 6.36. The van der Waals surface area contributed by atoms with Crippen LogP contribution in [0.15, 0.2) is 120 Å². The smallest absolute Gasteiger partial charge is 0.331 e. The second-order valence-corrected chi connectivity index (χ2v) is 13.5. The van der Waals surface area contributed by atoms with E-state index in [1.807, 2.05) is 87.5 Å². The average Bonchev–Trinajstić information content (AvgIpc) is 3.15. The van der Waals surface area contributed by atoms with Gasteiger partial charge in [-0.15, -0.1) is 0 Å². The highest BCUT2D eigenvalue weighted by atomic mass is 79.9. The molecule has 0 unspecified atom stereocenters. The molecule has 4 rings (SSSR count). The molecule has 1 amide bonds. The number of hydroxylamine groups is 1. The normalized spacial score (nSPS) is 10.7. The Labute approximate surface area is 324 Å². The predicted molar refractivity (Wildman–Crippen MR) is 221 cm³/mol. The minimum Gasteiger partial charge on any atom is -0.478 e. The average molecular weight is 785 g/mol. The summed E-state index contributed by atoms with van der Waals surface area (Å²) in [5, 5.41) is 16.7. The number of halogens is 1. The van der Waals surface area contributed by atoms with E-state index >= 15 is 0 Å². The molecule has 4 aromatic rings. The van der Waals surface area contributed by atoms with Gasteiger partial charge in [-0.2, -0.15) is 0 Å². The summed E-state index contributed by atoms with van der Waals surface area (Å²) in [5.74, 6) is -1.74. The number of amides is 1. The molecule has 0 aliphatic rings. The van der Waals surface area contributed by atoms with E-state index in [4.69, 9.17) is 15.1 Å². The highest BCUT2D eigenvalue weighted by Gasteiger charge is 2.13. The molecule has 53 heavy (non-hydrogen) atoms. The lowest BCUT2D eigenvalue weighted by Crippen LogP contribution is -2.22. The second-order valence-electron chi connectivity index (χ2n) is 12.6. The van der Waals surface area contributed by atoms with Crippen LogP contribution >= 0.6 is 15.9 Å². The van der Waals surface area contributed by atoms with E-state index in [1.165, 1.54) is 44.4 Å². The molecule has 0 bridgehead atoms.